The van der Waals surface area contributed by atoms with Crippen molar-refractivity contribution in [3.05, 3.63) is 41.4 Å². The van der Waals surface area contributed by atoms with Crippen LogP contribution >= 0.6 is 11.3 Å². The van der Waals surface area contributed by atoms with E-state index in [1.165, 1.54) is 23.5 Å². The van der Waals surface area contributed by atoms with Gasteiger partial charge in [-0.3, -0.25) is 4.79 Å². The third-order valence-electron chi connectivity index (χ3n) is 4.74. The van der Waals surface area contributed by atoms with Crippen molar-refractivity contribution in [2.45, 2.75) is 31.7 Å². The SMILES string of the molecule is Cc1nnc(-c2ccc3c(c2)oc2ccc(S(=O)(=O)N[C@@H](C(=O)O)C(C)C)cc23)s1. The minimum atomic E-state index is -4.03. The fourth-order valence-corrected chi connectivity index (χ4v) is 5.23. The van der Waals surface area contributed by atoms with Crippen LogP contribution in [0, 0.1) is 12.8 Å². The molecule has 1 atom stereocenters. The molecule has 0 unspecified atom stereocenters. The average molecular weight is 446 g/mol. The van der Waals surface area contributed by atoms with Gasteiger partial charge in [0.2, 0.25) is 10.0 Å². The number of sulfonamides is 1. The summed E-state index contributed by atoms with van der Waals surface area (Å²) in [6.07, 6.45) is 0. The molecular weight excluding hydrogens is 426 g/mol. The number of aromatic nitrogens is 2. The summed E-state index contributed by atoms with van der Waals surface area (Å²) in [5.41, 5.74) is 2.00. The maximum absolute atomic E-state index is 12.8. The second-order valence-electron chi connectivity index (χ2n) is 7.28. The van der Waals surface area contributed by atoms with Gasteiger partial charge in [0.15, 0.2) is 0 Å². The van der Waals surface area contributed by atoms with Crippen molar-refractivity contribution < 1.29 is 22.7 Å². The zero-order valence-electron chi connectivity index (χ0n) is 16.4. The van der Waals surface area contributed by atoms with Crippen molar-refractivity contribution in [1.29, 1.82) is 0 Å². The molecule has 0 radical (unpaired) electrons. The standard InChI is InChI=1S/C20H19N3O5S2/c1-10(2)18(20(24)25)23-30(26,27)13-5-7-16-15(9-13)14-6-4-12(8-17(14)28-16)19-22-21-11(3)29-19/h4-10,18,23H,1-3H3,(H,24,25)/t18-/m1/s1. The van der Waals surface area contributed by atoms with Gasteiger partial charge < -0.3 is 9.52 Å². The van der Waals surface area contributed by atoms with Crippen LogP contribution in [-0.4, -0.2) is 35.7 Å². The van der Waals surface area contributed by atoms with E-state index in [4.69, 9.17) is 4.42 Å². The van der Waals surface area contributed by atoms with Crippen molar-refractivity contribution in [1.82, 2.24) is 14.9 Å². The number of nitrogens with one attached hydrogen (secondary N) is 1. The molecule has 0 saturated heterocycles. The second-order valence-corrected chi connectivity index (χ2v) is 10.2. The summed E-state index contributed by atoms with van der Waals surface area (Å²) in [4.78, 5) is 11.4. The highest BCUT2D eigenvalue weighted by molar-refractivity contribution is 7.89. The van der Waals surface area contributed by atoms with Crippen molar-refractivity contribution in [2.24, 2.45) is 5.92 Å². The van der Waals surface area contributed by atoms with Crippen molar-refractivity contribution in [3.8, 4) is 10.6 Å². The number of carboxylic acid groups (broad SMARTS) is 1. The molecule has 156 valence electrons. The molecule has 2 aromatic heterocycles. The zero-order valence-corrected chi connectivity index (χ0v) is 18.0. The zero-order chi connectivity index (χ0) is 21.6. The molecule has 8 nitrogen and oxygen atoms in total. The summed E-state index contributed by atoms with van der Waals surface area (Å²) >= 11 is 1.47. The minimum absolute atomic E-state index is 0.0200. The Labute approximate surface area is 176 Å². The molecule has 2 aromatic carbocycles. The number of fused-ring (bicyclic) bond motifs is 3. The van der Waals surface area contributed by atoms with E-state index in [0.717, 1.165) is 21.0 Å². The van der Waals surface area contributed by atoms with E-state index < -0.39 is 28.0 Å². The maximum atomic E-state index is 12.8. The van der Waals surface area contributed by atoms with Crippen LogP contribution in [0.4, 0.5) is 0 Å². The molecule has 0 bridgehead atoms. The minimum Gasteiger partial charge on any atom is -0.480 e. The number of hydrogen-bond acceptors (Lipinski definition) is 7. The highest BCUT2D eigenvalue weighted by Gasteiger charge is 2.28. The van der Waals surface area contributed by atoms with Gasteiger partial charge in [-0.25, -0.2) is 8.42 Å². The molecule has 0 amide bonds. The lowest BCUT2D eigenvalue weighted by Gasteiger charge is -2.17. The molecular formula is C20H19N3O5S2. The monoisotopic (exact) mass is 445 g/mol. The Hall–Kier alpha value is -2.82. The number of nitrogens with zero attached hydrogens (tertiary/aromatic N) is 2. The summed E-state index contributed by atoms with van der Waals surface area (Å²) in [7, 11) is -4.03. The fourth-order valence-electron chi connectivity index (χ4n) is 3.18. The van der Waals surface area contributed by atoms with Crippen LogP contribution in [0.25, 0.3) is 32.5 Å². The van der Waals surface area contributed by atoms with E-state index in [2.05, 4.69) is 14.9 Å². The van der Waals surface area contributed by atoms with Gasteiger partial charge in [-0.1, -0.05) is 31.3 Å². The largest absolute Gasteiger partial charge is 0.480 e. The average Bonchev–Trinajstić information content (AvgIpc) is 3.27. The predicted molar refractivity (Wildman–Crippen MR) is 114 cm³/mol. The van der Waals surface area contributed by atoms with Gasteiger partial charge in [-0.15, -0.1) is 10.2 Å². The molecule has 0 saturated carbocycles. The Morgan fingerprint density at radius 2 is 1.87 bits per heavy atom. The number of carbonyl (C=O) groups is 1. The second kappa shape index (κ2) is 7.46. The molecule has 0 aliphatic rings. The first-order valence-corrected chi connectivity index (χ1v) is 11.5. The van der Waals surface area contributed by atoms with Crippen LogP contribution in [0.3, 0.4) is 0 Å². The number of aryl methyl sites for hydroxylation is 1. The highest BCUT2D eigenvalue weighted by Crippen LogP contribution is 2.34. The van der Waals surface area contributed by atoms with Crippen molar-refractivity contribution in [3.63, 3.8) is 0 Å². The third-order valence-corrected chi connectivity index (χ3v) is 7.07. The Kier molecular flexibility index (Phi) is 5.08. The van der Waals surface area contributed by atoms with Gasteiger partial charge >= 0.3 is 5.97 Å². The quantitative estimate of drug-likeness (QED) is 0.463. The molecule has 2 heterocycles. The Morgan fingerprint density at radius 1 is 1.10 bits per heavy atom. The smallest absolute Gasteiger partial charge is 0.322 e. The molecule has 0 aliphatic carbocycles. The number of aliphatic carboxylic acids is 1. The van der Waals surface area contributed by atoms with E-state index in [9.17, 15) is 18.3 Å². The van der Waals surface area contributed by atoms with Crippen LogP contribution in [0.1, 0.15) is 18.9 Å². The Morgan fingerprint density at radius 3 is 2.50 bits per heavy atom. The summed E-state index contributed by atoms with van der Waals surface area (Å²) in [6, 6.07) is 8.84. The number of carboxylic acids is 1. The maximum Gasteiger partial charge on any atom is 0.322 e. The van der Waals surface area contributed by atoms with Crippen molar-refractivity contribution >= 4 is 49.3 Å². The van der Waals surface area contributed by atoms with Crippen LogP contribution in [0.2, 0.25) is 0 Å². The van der Waals surface area contributed by atoms with Crippen LogP contribution < -0.4 is 4.72 Å². The van der Waals surface area contributed by atoms with Crippen LogP contribution in [0.5, 0.6) is 0 Å². The first-order chi connectivity index (χ1) is 14.2. The molecule has 0 fully saturated rings. The lowest BCUT2D eigenvalue weighted by Crippen LogP contribution is -2.44. The lowest BCUT2D eigenvalue weighted by molar-refractivity contribution is -0.140. The van der Waals surface area contributed by atoms with Gasteiger partial charge in [-0.2, -0.15) is 4.72 Å². The summed E-state index contributed by atoms with van der Waals surface area (Å²) in [5, 5.41) is 20.5. The molecule has 4 rings (SSSR count). The summed E-state index contributed by atoms with van der Waals surface area (Å²) in [6.45, 7) is 5.17. The highest BCUT2D eigenvalue weighted by atomic mass is 32.2. The van der Waals surface area contributed by atoms with E-state index in [0.29, 0.717) is 16.6 Å². The van der Waals surface area contributed by atoms with Crippen molar-refractivity contribution in [2.75, 3.05) is 0 Å². The Bertz CT molecular complexity index is 1370. The summed E-state index contributed by atoms with van der Waals surface area (Å²) in [5.74, 6) is -1.62. The number of furan rings is 1. The molecule has 10 heteroatoms. The van der Waals surface area contributed by atoms with Gasteiger partial charge in [0.25, 0.3) is 0 Å². The molecule has 2 N–H and O–H groups in total. The van der Waals surface area contributed by atoms with Gasteiger partial charge in [-0.05, 0) is 43.2 Å². The number of benzene rings is 2. The van der Waals surface area contributed by atoms with Gasteiger partial charge in [0.1, 0.15) is 27.2 Å². The normalized spacial score (nSPS) is 13.3. The first kappa shape index (κ1) is 20.5. The molecule has 4 aromatic rings. The summed E-state index contributed by atoms with van der Waals surface area (Å²) < 4.78 is 33.7. The van der Waals surface area contributed by atoms with E-state index in [1.54, 1.807) is 19.9 Å². The number of rotatable bonds is 6. The van der Waals surface area contributed by atoms with Gasteiger partial charge in [0, 0.05) is 16.3 Å². The third kappa shape index (κ3) is 3.69. The molecule has 30 heavy (non-hydrogen) atoms. The topological polar surface area (TPSA) is 122 Å². The Balaban J connectivity index is 1.76. The van der Waals surface area contributed by atoms with Crippen LogP contribution in [-0.2, 0) is 14.8 Å². The predicted octanol–water partition coefficient (Wildman–Crippen LogP) is 3.80. The van der Waals surface area contributed by atoms with E-state index >= 15 is 0 Å². The van der Waals surface area contributed by atoms with E-state index in [1.807, 2.05) is 25.1 Å². The van der Waals surface area contributed by atoms with E-state index in [-0.39, 0.29) is 4.90 Å². The first-order valence-electron chi connectivity index (χ1n) is 9.17. The number of hydrogen-bond donors (Lipinski definition) is 2. The molecule has 0 spiro atoms. The van der Waals surface area contributed by atoms with Gasteiger partial charge in [0.05, 0.1) is 4.90 Å². The van der Waals surface area contributed by atoms with Crippen LogP contribution in [0.15, 0.2) is 45.7 Å². The fraction of sp³-hybridized carbons (Fsp3) is 0.250. The molecule has 0 aliphatic heterocycles. The lowest BCUT2D eigenvalue weighted by atomic mass is 10.1.